The van der Waals surface area contributed by atoms with Gasteiger partial charge in [-0.3, -0.25) is 0 Å². The Kier molecular flexibility index (Phi) is 11.3. The number of hydrogen-bond acceptors (Lipinski definition) is 1. The minimum atomic E-state index is 0.573. The van der Waals surface area contributed by atoms with Gasteiger partial charge in [-0.25, -0.2) is 0 Å². The van der Waals surface area contributed by atoms with Crippen molar-refractivity contribution in [1.82, 2.24) is 0 Å². The Hall–Kier alpha value is 0.350. The molecule has 0 rings (SSSR count). The van der Waals surface area contributed by atoms with Crippen LogP contribution >= 0.6 is 12.6 Å². The van der Waals surface area contributed by atoms with Crippen LogP contribution in [0.4, 0.5) is 0 Å². The molecular weight excluding hydrogens is 248 g/mol. The van der Waals surface area contributed by atoms with Gasteiger partial charge in [-0.15, -0.1) is 0 Å². The van der Waals surface area contributed by atoms with Gasteiger partial charge in [0.05, 0.1) is 0 Å². The smallest absolute Gasteiger partial charge is 0.00116 e. The summed E-state index contributed by atoms with van der Waals surface area (Å²) < 4.78 is 0. The van der Waals surface area contributed by atoms with E-state index in [4.69, 9.17) is 0 Å². The van der Waals surface area contributed by atoms with Crippen LogP contribution in [0.1, 0.15) is 98.8 Å². The Bertz CT molecular complexity index is 200. The van der Waals surface area contributed by atoms with E-state index in [1.165, 1.54) is 64.2 Å². The van der Waals surface area contributed by atoms with E-state index >= 15 is 0 Å². The van der Waals surface area contributed by atoms with Crippen molar-refractivity contribution >= 4 is 12.6 Å². The van der Waals surface area contributed by atoms with E-state index in [1.54, 1.807) is 0 Å². The van der Waals surface area contributed by atoms with Gasteiger partial charge in [-0.1, -0.05) is 79.6 Å². The minimum Gasteiger partial charge on any atom is -0.176 e. The first-order chi connectivity index (χ1) is 8.93. The molecule has 0 radical (unpaired) electrons. The number of thiol groups is 1. The van der Waals surface area contributed by atoms with Crippen LogP contribution in [0.3, 0.4) is 0 Å². The van der Waals surface area contributed by atoms with Crippen molar-refractivity contribution in [2.24, 2.45) is 11.3 Å². The standard InChI is InChI=1S/C18H38S/c1-6-16(3)12-8-10-14-18(5,7-2)15-11-9-13-17(4)19/h16-17,19H,6-15H2,1-5H3. The van der Waals surface area contributed by atoms with Gasteiger partial charge in [0.1, 0.15) is 0 Å². The lowest BCUT2D eigenvalue weighted by atomic mass is 9.77. The maximum Gasteiger partial charge on any atom is -0.00116 e. The van der Waals surface area contributed by atoms with Crippen molar-refractivity contribution in [2.45, 2.75) is 104 Å². The molecule has 0 N–H and O–H groups in total. The zero-order chi connectivity index (χ0) is 14.7. The molecule has 0 nitrogen and oxygen atoms in total. The van der Waals surface area contributed by atoms with Gasteiger partial charge in [-0.2, -0.15) is 12.6 Å². The largest absolute Gasteiger partial charge is 0.176 e. The molecular formula is C18H38S. The highest BCUT2D eigenvalue weighted by Gasteiger charge is 2.20. The summed E-state index contributed by atoms with van der Waals surface area (Å²) in [7, 11) is 0. The Balaban J connectivity index is 3.76. The molecule has 0 amide bonds. The van der Waals surface area contributed by atoms with Crippen molar-refractivity contribution < 1.29 is 0 Å². The van der Waals surface area contributed by atoms with Crippen molar-refractivity contribution in [1.29, 1.82) is 0 Å². The fraction of sp³-hybridized carbons (Fsp3) is 1.00. The van der Waals surface area contributed by atoms with Crippen LogP contribution in [-0.4, -0.2) is 5.25 Å². The molecule has 0 aliphatic heterocycles. The molecule has 0 aromatic carbocycles. The topological polar surface area (TPSA) is 0 Å². The Morgan fingerprint density at radius 3 is 1.84 bits per heavy atom. The van der Waals surface area contributed by atoms with Crippen LogP contribution in [0.5, 0.6) is 0 Å². The molecule has 0 heterocycles. The van der Waals surface area contributed by atoms with Gasteiger partial charge in [-0.05, 0) is 35.8 Å². The van der Waals surface area contributed by atoms with Crippen LogP contribution in [-0.2, 0) is 0 Å². The molecule has 3 unspecified atom stereocenters. The van der Waals surface area contributed by atoms with Gasteiger partial charge in [0.2, 0.25) is 0 Å². The average molecular weight is 287 g/mol. The summed E-state index contributed by atoms with van der Waals surface area (Å²) in [5, 5.41) is 0.573. The maximum absolute atomic E-state index is 4.46. The van der Waals surface area contributed by atoms with E-state index < -0.39 is 0 Å². The fourth-order valence-corrected chi connectivity index (χ4v) is 2.90. The maximum atomic E-state index is 4.46. The van der Waals surface area contributed by atoms with E-state index in [9.17, 15) is 0 Å². The summed E-state index contributed by atoms with van der Waals surface area (Å²) in [6.07, 6.45) is 13.8. The Morgan fingerprint density at radius 2 is 1.42 bits per heavy atom. The lowest BCUT2D eigenvalue weighted by molar-refractivity contribution is 0.239. The van der Waals surface area contributed by atoms with E-state index in [1.807, 2.05) is 0 Å². The van der Waals surface area contributed by atoms with Crippen LogP contribution in [0, 0.1) is 11.3 Å². The normalized spacial score (nSPS) is 18.0. The molecule has 0 aliphatic carbocycles. The van der Waals surface area contributed by atoms with E-state index in [0.29, 0.717) is 10.7 Å². The highest BCUT2D eigenvalue weighted by molar-refractivity contribution is 7.80. The summed E-state index contributed by atoms with van der Waals surface area (Å²) in [5.74, 6) is 0.921. The number of rotatable bonds is 12. The lowest BCUT2D eigenvalue weighted by Crippen LogP contribution is -2.15. The molecule has 0 spiro atoms. The molecule has 0 fully saturated rings. The predicted octanol–water partition coefficient (Wildman–Crippen LogP) is 6.89. The molecule has 0 bridgehead atoms. The van der Waals surface area contributed by atoms with E-state index in [-0.39, 0.29) is 0 Å². The second kappa shape index (κ2) is 11.1. The summed E-state index contributed by atoms with van der Waals surface area (Å²) in [6.45, 7) is 11.8. The quantitative estimate of drug-likeness (QED) is 0.293. The van der Waals surface area contributed by atoms with E-state index in [2.05, 4.69) is 47.2 Å². The van der Waals surface area contributed by atoms with Gasteiger partial charge in [0, 0.05) is 0 Å². The third-order valence-corrected chi connectivity index (χ3v) is 5.19. The monoisotopic (exact) mass is 286 g/mol. The van der Waals surface area contributed by atoms with Crippen molar-refractivity contribution in [3.63, 3.8) is 0 Å². The van der Waals surface area contributed by atoms with Crippen LogP contribution in [0.2, 0.25) is 0 Å². The summed E-state index contributed by atoms with van der Waals surface area (Å²) in [4.78, 5) is 0. The van der Waals surface area contributed by atoms with Gasteiger partial charge < -0.3 is 0 Å². The van der Waals surface area contributed by atoms with Crippen LogP contribution in [0.25, 0.3) is 0 Å². The molecule has 19 heavy (non-hydrogen) atoms. The highest BCUT2D eigenvalue weighted by atomic mass is 32.1. The Labute approximate surface area is 128 Å². The molecule has 0 saturated heterocycles. The summed E-state index contributed by atoms with van der Waals surface area (Å²) in [5.41, 5.74) is 0.593. The van der Waals surface area contributed by atoms with Gasteiger partial charge in [0.25, 0.3) is 0 Å². The predicted molar refractivity (Wildman–Crippen MR) is 93.2 cm³/mol. The van der Waals surface area contributed by atoms with Crippen molar-refractivity contribution in [3.05, 3.63) is 0 Å². The Morgan fingerprint density at radius 1 is 0.895 bits per heavy atom. The number of hydrogen-bond donors (Lipinski definition) is 1. The van der Waals surface area contributed by atoms with E-state index in [0.717, 1.165) is 5.92 Å². The molecule has 116 valence electrons. The summed E-state index contributed by atoms with van der Waals surface area (Å²) in [6, 6.07) is 0. The highest BCUT2D eigenvalue weighted by Crippen LogP contribution is 2.34. The molecule has 0 aromatic rings. The first-order valence-electron chi connectivity index (χ1n) is 8.61. The zero-order valence-electron chi connectivity index (χ0n) is 14.2. The molecule has 0 aliphatic rings. The first kappa shape index (κ1) is 19.4. The van der Waals surface area contributed by atoms with Gasteiger partial charge >= 0.3 is 0 Å². The second-order valence-electron chi connectivity index (χ2n) is 7.02. The van der Waals surface area contributed by atoms with Crippen molar-refractivity contribution in [3.8, 4) is 0 Å². The molecule has 3 atom stereocenters. The molecule has 0 saturated carbocycles. The third kappa shape index (κ3) is 10.8. The van der Waals surface area contributed by atoms with Crippen molar-refractivity contribution in [2.75, 3.05) is 0 Å². The minimum absolute atomic E-state index is 0.573. The molecule has 1 heteroatoms. The first-order valence-corrected chi connectivity index (χ1v) is 9.13. The fourth-order valence-electron chi connectivity index (χ4n) is 2.72. The number of unbranched alkanes of at least 4 members (excludes halogenated alkanes) is 2. The lowest BCUT2D eigenvalue weighted by Gasteiger charge is -2.28. The third-order valence-electron chi connectivity index (χ3n) is 4.93. The summed E-state index contributed by atoms with van der Waals surface area (Å²) >= 11 is 4.46. The second-order valence-corrected chi connectivity index (χ2v) is 7.90. The van der Waals surface area contributed by atoms with Crippen LogP contribution in [0.15, 0.2) is 0 Å². The average Bonchev–Trinajstić information content (AvgIpc) is 2.39. The van der Waals surface area contributed by atoms with Gasteiger partial charge in [0.15, 0.2) is 0 Å². The SMILES string of the molecule is CCC(C)CCCCC(C)(CC)CCCCC(C)S. The zero-order valence-corrected chi connectivity index (χ0v) is 15.1. The van der Waals surface area contributed by atoms with Crippen LogP contribution < -0.4 is 0 Å². The molecule has 0 aromatic heterocycles.